The molecule has 0 radical (unpaired) electrons. The molecule has 4 rings (SSSR count). The van der Waals surface area contributed by atoms with Crippen molar-refractivity contribution in [2.75, 3.05) is 32.1 Å². The van der Waals surface area contributed by atoms with Crippen molar-refractivity contribution in [1.29, 1.82) is 0 Å². The predicted octanol–water partition coefficient (Wildman–Crippen LogP) is 1.14. The van der Waals surface area contributed by atoms with Crippen molar-refractivity contribution < 1.29 is 13.2 Å². The Labute approximate surface area is 144 Å². The summed E-state index contributed by atoms with van der Waals surface area (Å²) in [5, 5.41) is 4.37. The number of sulfone groups is 1. The van der Waals surface area contributed by atoms with Crippen LogP contribution in [0.1, 0.15) is 30.7 Å². The van der Waals surface area contributed by atoms with E-state index in [1.54, 1.807) is 0 Å². The average molecular weight is 353 g/mol. The molecule has 1 aromatic rings. The highest BCUT2D eigenvalue weighted by molar-refractivity contribution is 7.93. The quantitative estimate of drug-likeness (QED) is 0.767. The van der Waals surface area contributed by atoms with Crippen LogP contribution in [-0.4, -0.2) is 59.9 Å². The number of hydrogen-bond donors (Lipinski definition) is 0. The minimum absolute atomic E-state index is 0.158. The van der Waals surface area contributed by atoms with Crippen molar-refractivity contribution in [3.05, 3.63) is 17.5 Å². The molecule has 0 amide bonds. The summed E-state index contributed by atoms with van der Waals surface area (Å²) in [6.45, 7) is 5.44. The molecule has 1 atom stereocenters. The topological polar surface area (TPSA) is 64.4 Å². The van der Waals surface area contributed by atoms with Gasteiger partial charge in [-0.25, -0.2) is 8.42 Å². The third-order valence-corrected chi connectivity index (χ3v) is 8.54. The highest BCUT2D eigenvalue weighted by atomic mass is 32.2. The average Bonchev–Trinajstić information content (AvgIpc) is 3.17. The van der Waals surface area contributed by atoms with Gasteiger partial charge >= 0.3 is 0 Å². The lowest BCUT2D eigenvalue weighted by Crippen LogP contribution is -2.67. The third-order valence-electron chi connectivity index (χ3n) is 5.93. The normalized spacial score (nSPS) is 28.3. The van der Waals surface area contributed by atoms with Gasteiger partial charge in [0, 0.05) is 39.2 Å². The van der Waals surface area contributed by atoms with E-state index in [0.717, 1.165) is 36.9 Å². The van der Waals surface area contributed by atoms with Crippen LogP contribution >= 0.6 is 0 Å². The van der Waals surface area contributed by atoms with Gasteiger partial charge in [0.2, 0.25) is 0 Å². The fourth-order valence-electron chi connectivity index (χ4n) is 4.23. The first-order chi connectivity index (χ1) is 11.4. The zero-order valence-electron chi connectivity index (χ0n) is 14.6. The predicted molar refractivity (Wildman–Crippen MR) is 91.4 cm³/mol. The first kappa shape index (κ1) is 16.5. The van der Waals surface area contributed by atoms with E-state index in [4.69, 9.17) is 4.74 Å². The molecule has 0 N–H and O–H groups in total. The van der Waals surface area contributed by atoms with Gasteiger partial charge in [0.25, 0.3) is 0 Å². The van der Waals surface area contributed by atoms with Gasteiger partial charge in [-0.3, -0.25) is 9.58 Å². The van der Waals surface area contributed by atoms with Crippen LogP contribution in [0.2, 0.25) is 0 Å². The van der Waals surface area contributed by atoms with Crippen molar-refractivity contribution in [2.24, 2.45) is 18.9 Å². The summed E-state index contributed by atoms with van der Waals surface area (Å²) in [5.41, 5.74) is 2.14. The lowest BCUT2D eigenvalue weighted by Gasteiger charge is -2.50. The Balaban J connectivity index is 1.40. The number of likely N-dealkylation sites (tertiary alicyclic amines) is 1. The van der Waals surface area contributed by atoms with E-state index >= 15 is 0 Å². The number of rotatable bonds is 6. The zero-order valence-corrected chi connectivity index (χ0v) is 15.4. The molecule has 1 aromatic heterocycles. The second-order valence-electron chi connectivity index (χ2n) is 7.90. The number of nitrogens with zero attached hydrogens (tertiary/aromatic N) is 3. The highest BCUT2D eigenvalue weighted by Crippen LogP contribution is 2.45. The molecule has 24 heavy (non-hydrogen) atoms. The third kappa shape index (κ3) is 2.80. The fourth-order valence-corrected chi connectivity index (χ4v) is 6.69. The van der Waals surface area contributed by atoms with E-state index in [9.17, 15) is 8.42 Å². The molecule has 0 aromatic carbocycles. The minimum Gasteiger partial charge on any atom is -0.381 e. The summed E-state index contributed by atoms with van der Waals surface area (Å²) in [6.07, 6.45) is 3.30. The Morgan fingerprint density at radius 3 is 2.67 bits per heavy atom. The Morgan fingerprint density at radius 2 is 2.04 bits per heavy atom. The number of hydrogen-bond acceptors (Lipinski definition) is 5. The van der Waals surface area contributed by atoms with Crippen molar-refractivity contribution >= 4 is 9.84 Å². The van der Waals surface area contributed by atoms with Crippen LogP contribution in [0, 0.1) is 18.8 Å². The molecule has 3 fully saturated rings. The molecule has 3 heterocycles. The van der Waals surface area contributed by atoms with E-state index in [-0.39, 0.29) is 5.92 Å². The maximum atomic E-state index is 12.7. The van der Waals surface area contributed by atoms with Gasteiger partial charge in [-0.1, -0.05) is 0 Å². The second-order valence-corrected chi connectivity index (χ2v) is 10.3. The molecular formula is C17H27N3O3S. The van der Waals surface area contributed by atoms with Crippen molar-refractivity contribution in [2.45, 2.75) is 37.5 Å². The molecule has 1 aliphatic carbocycles. The van der Waals surface area contributed by atoms with Gasteiger partial charge in [0.1, 0.15) is 4.75 Å². The molecular weight excluding hydrogens is 326 g/mol. The Bertz CT molecular complexity index is 717. The Morgan fingerprint density at radius 1 is 1.29 bits per heavy atom. The molecule has 2 aliphatic heterocycles. The van der Waals surface area contributed by atoms with Gasteiger partial charge in [0.05, 0.1) is 23.7 Å². The van der Waals surface area contributed by atoms with E-state index < -0.39 is 14.6 Å². The molecule has 6 nitrogen and oxygen atoms in total. The largest absolute Gasteiger partial charge is 0.381 e. The van der Waals surface area contributed by atoms with Gasteiger partial charge in [0.15, 0.2) is 9.84 Å². The zero-order chi connectivity index (χ0) is 16.9. The summed E-state index contributed by atoms with van der Waals surface area (Å²) in [6, 6.07) is 2.07. The van der Waals surface area contributed by atoms with Crippen LogP contribution in [0.15, 0.2) is 6.07 Å². The smallest absolute Gasteiger partial charge is 0.158 e. The molecule has 134 valence electrons. The van der Waals surface area contributed by atoms with Gasteiger partial charge < -0.3 is 4.74 Å². The van der Waals surface area contributed by atoms with Crippen molar-refractivity contribution in [1.82, 2.24) is 14.7 Å². The number of aryl methyl sites for hydroxylation is 2. The molecule has 1 unspecified atom stereocenters. The van der Waals surface area contributed by atoms with E-state index in [0.29, 0.717) is 25.4 Å². The Hall–Kier alpha value is -0.920. The van der Waals surface area contributed by atoms with Crippen LogP contribution in [0.25, 0.3) is 0 Å². The molecule has 2 saturated heterocycles. The van der Waals surface area contributed by atoms with E-state index in [2.05, 4.69) is 16.1 Å². The van der Waals surface area contributed by atoms with Crippen LogP contribution < -0.4 is 0 Å². The van der Waals surface area contributed by atoms with E-state index in [1.807, 2.05) is 18.7 Å². The molecule has 0 bridgehead atoms. The van der Waals surface area contributed by atoms with Gasteiger partial charge in [-0.05, 0) is 38.2 Å². The molecule has 3 aliphatic rings. The summed E-state index contributed by atoms with van der Waals surface area (Å²) >= 11 is 0. The van der Waals surface area contributed by atoms with Gasteiger partial charge in [-0.2, -0.15) is 5.10 Å². The summed E-state index contributed by atoms with van der Waals surface area (Å²) in [5.74, 6) is 1.21. The maximum Gasteiger partial charge on any atom is 0.158 e. The monoisotopic (exact) mass is 353 g/mol. The van der Waals surface area contributed by atoms with Crippen LogP contribution in [0.4, 0.5) is 0 Å². The highest BCUT2D eigenvalue weighted by Gasteiger charge is 2.61. The summed E-state index contributed by atoms with van der Waals surface area (Å²) in [4.78, 5) is 2.23. The Kier molecular flexibility index (Phi) is 4.01. The molecule has 7 heteroatoms. The van der Waals surface area contributed by atoms with Crippen LogP contribution in [-0.2, 0) is 28.2 Å². The second kappa shape index (κ2) is 5.81. The minimum atomic E-state index is -3.01. The van der Waals surface area contributed by atoms with Crippen LogP contribution in [0.3, 0.4) is 0 Å². The summed E-state index contributed by atoms with van der Waals surface area (Å²) in [7, 11) is -1.07. The number of aromatic nitrogens is 2. The standard InChI is InChI=1S/C17H27N3O3S/c1-13-7-16(19(2)18-13)8-20-11-17(12-20)15(5-6-24(17,21)22)10-23-9-14-3-4-14/h7,14-15H,3-6,8-12H2,1-2H3. The van der Waals surface area contributed by atoms with Crippen molar-refractivity contribution in [3.8, 4) is 0 Å². The van der Waals surface area contributed by atoms with Crippen molar-refractivity contribution in [3.63, 3.8) is 0 Å². The SMILES string of the molecule is Cc1cc(CN2CC3(C2)C(COCC2CC2)CCS3(=O)=O)n(C)n1. The lowest BCUT2D eigenvalue weighted by molar-refractivity contribution is 0.0218. The first-order valence-corrected chi connectivity index (χ1v) is 10.6. The van der Waals surface area contributed by atoms with Gasteiger partial charge in [-0.15, -0.1) is 0 Å². The maximum absolute atomic E-state index is 12.7. The lowest BCUT2D eigenvalue weighted by atomic mass is 9.83. The molecule has 1 spiro atoms. The van der Waals surface area contributed by atoms with E-state index in [1.165, 1.54) is 12.8 Å². The summed E-state index contributed by atoms with van der Waals surface area (Å²) < 4.78 is 32.5. The van der Waals surface area contributed by atoms with Crippen LogP contribution in [0.5, 0.6) is 0 Å². The fraction of sp³-hybridized carbons (Fsp3) is 0.824. The molecule has 1 saturated carbocycles. The first-order valence-electron chi connectivity index (χ1n) is 8.91. The number of ether oxygens (including phenoxy) is 1.